The van der Waals surface area contributed by atoms with Crippen molar-refractivity contribution in [3.8, 4) is 0 Å². The van der Waals surface area contributed by atoms with Crippen molar-refractivity contribution in [2.75, 3.05) is 0 Å². The first-order chi connectivity index (χ1) is 1.73. The second-order valence-corrected chi connectivity index (χ2v) is 0.283. The molecule has 0 spiro atoms. The molecule has 0 saturated heterocycles. The van der Waals surface area contributed by atoms with Crippen molar-refractivity contribution in [3.63, 3.8) is 0 Å². The van der Waals surface area contributed by atoms with Crippen LogP contribution in [0, 0.1) is 0 Å². The van der Waals surface area contributed by atoms with E-state index in [2.05, 4.69) is 0 Å². The van der Waals surface area contributed by atoms with Gasteiger partial charge in [-0.2, -0.15) is 0 Å². The third-order valence-corrected chi connectivity index (χ3v) is 0. The standard InChI is InChI=1S/CH2O3.K.Li.Na.3H/c2-1(3)4;;;;;;/h(H2,2,3,4);;;;;;. The van der Waals surface area contributed by atoms with Gasteiger partial charge in [0.1, 0.15) is 0 Å². The third kappa shape index (κ3) is 57.4. The molecule has 30 valence electrons. The Balaban J connectivity index is -0.0000000150. The van der Waals surface area contributed by atoms with Crippen molar-refractivity contribution in [3.05, 3.63) is 0 Å². The summed E-state index contributed by atoms with van der Waals surface area (Å²) in [5, 5.41) is 13.9. The van der Waals surface area contributed by atoms with Crippen LogP contribution in [0.15, 0.2) is 0 Å². The quantitative estimate of drug-likeness (QED) is 0.387. The van der Waals surface area contributed by atoms with Gasteiger partial charge in [-0.3, -0.25) is 0 Å². The molecule has 0 bridgehead atoms. The Morgan fingerprint density at radius 1 is 1.29 bits per heavy atom. The van der Waals surface area contributed by atoms with Crippen LogP contribution in [0.5, 0.6) is 0 Å². The molecule has 0 heterocycles. The van der Waals surface area contributed by atoms with Crippen LogP contribution in [0.3, 0.4) is 0 Å². The van der Waals surface area contributed by atoms with Crippen molar-refractivity contribution in [2.24, 2.45) is 0 Å². The van der Waals surface area contributed by atoms with Crippen LogP contribution in [0.1, 0.15) is 0 Å². The van der Waals surface area contributed by atoms with Gasteiger partial charge in [0.25, 0.3) is 0 Å². The van der Waals surface area contributed by atoms with E-state index in [4.69, 9.17) is 15.0 Å². The molecular weight excluding hydrogens is 129 g/mol. The Bertz CT molecular complexity index is 37.9. The van der Waals surface area contributed by atoms with E-state index in [1.165, 1.54) is 0 Å². The van der Waals surface area contributed by atoms with E-state index in [0.717, 1.165) is 0 Å². The Morgan fingerprint density at radius 2 is 1.29 bits per heavy atom. The first kappa shape index (κ1) is 22.7. The average molecular weight is 134 g/mol. The van der Waals surface area contributed by atoms with Crippen molar-refractivity contribution in [2.45, 2.75) is 0 Å². The molecule has 0 aliphatic carbocycles. The van der Waals surface area contributed by atoms with Crippen LogP contribution in [-0.4, -0.2) is 116 Å². The summed E-state index contributed by atoms with van der Waals surface area (Å²) in [5.74, 6) is 0. The number of rotatable bonds is 0. The van der Waals surface area contributed by atoms with Crippen molar-refractivity contribution < 1.29 is 15.0 Å². The zero-order valence-electron chi connectivity index (χ0n) is 1.80. The SMILES string of the molecule is O=C(O)O.[KH].[LiH].[NaH]. The molecule has 0 rings (SSSR count). The van der Waals surface area contributed by atoms with Crippen LogP contribution >= 0.6 is 0 Å². The summed E-state index contributed by atoms with van der Waals surface area (Å²) in [5.41, 5.74) is 0. The molecule has 0 amide bonds. The van der Waals surface area contributed by atoms with Gasteiger partial charge in [0, 0.05) is 0 Å². The number of carbonyl (C=O) groups is 1. The molecule has 0 aliphatic heterocycles. The predicted octanol–water partition coefficient (Wildman–Crippen LogP) is -1.72. The molecule has 0 radical (unpaired) electrons. The van der Waals surface area contributed by atoms with Gasteiger partial charge in [0.2, 0.25) is 0 Å². The maximum atomic E-state index is 8.56. The van der Waals surface area contributed by atoms with E-state index in [-0.39, 0.29) is 99.8 Å². The summed E-state index contributed by atoms with van der Waals surface area (Å²) in [7, 11) is 0. The first-order valence-corrected chi connectivity index (χ1v) is 0.651. The van der Waals surface area contributed by atoms with Crippen LogP contribution in [0.25, 0.3) is 0 Å². The van der Waals surface area contributed by atoms with Gasteiger partial charge in [-0.15, -0.1) is 0 Å². The minimum atomic E-state index is -1.83. The minimum absolute atomic E-state index is 0. The molecule has 6 heteroatoms. The summed E-state index contributed by atoms with van der Waals surface area (Å²) in [6.07, 6.45) is -1.83. The van der Waals surface area contributed by atoms with E-state index < -0.39 is 6.16 Å². The summed E-state index contributed by atoms with van der Waals surface area (Å²) < 4.78 is 0. The number of hydrogen-bond acceptors (Lipinski definition) is 1. The summed E-state index contributed by atoms with van der Waals surface area (Å²) in [4.78, 5) is 8.56. The van der Waals surface area contributed by atoms with Crippen molar-refractivity contribution in [1.29, 1.82) is 0 Å². The van der Waals surface area contributed by atoms with Gasteiger partial charge in [0.15, 0.2) is 0 Å². The van der Waals surface area contributed by atoms with E-state index in [0.29, 0.717) is 0 Å². The van der Waals surface area contributed by atoms with Crippen LogP contribution in [-0.2, 0) is 0 Å². The van der Waals surface area contributed by atoms with Crippen LogP contribution in [0.4, 0.5) is 4.79 Å². The van der Waals surface area contributed by atoms with Gasteiger partial charge in [-0.25, -0.2) is 4.79 Å². The Hall–Kier alpha value is 2.50. The molecule has 0 aliphatic rings. The Labute approximate surface area is 118 Å². The van der Waals surface area contributed by atoms with Crippen LogP contribution < -0.4 is 0 Å². The average Bonchev–Trinajstić information content (AvgIpc) is 0.811. The fourth-order valence-corrected chi connectivity index (χ4v) is 0. The van der Waals surface area contributed by atoms with E-state index >= 15 is 0 Å². The van der Waals surface area contributed by atoms with Crippen LogP contribution in [0.2, 0.25) is 0 Å². The number of hydrogen-bond donors (Lipinski definition) is 2. The second kappa shape index (κ2) is 15.8. The molecule has 0 aromatic carbocycles. The molecule has 2 N–H and O–H groups in total. The number of carboxylic acid groups (broad SMARTS) is 2. The van der Waals surface area contributed by atoms with Gasteiger partial charge in [0.05, 0.1) is 0 Å². The third-order valence-electron chi connectivity index (χ3n) is 0. The Morgan fingerprint density at radius 3 is 1.29 bits per heavy atom. The van der Waals surface area contributed by atoms with E-state index in [1.54, 1.807) is 0 Å². The monoisotopic (exact) mass is 134 g/mol. The topological polar surface area (TPSA) is 57.5 Å². The molecule has 0 fully saturated rings. The van der Waals surface area contributed by atoms with E-state index in [1.807, 2.05) is 0 Å². The molecular formula is CH5KLiNaO3. The van der Waals surface area contributed by atoms with Gasteiger partial charge in [-0.05, 0) is 0 Å². The molecule has 0 unspecified atom stereocenters. The summed E-state index contributed by atoms with van der Waals surface area (Å²) >= 11 is 0. The van der Waals surface area contributed by atoms with Crippen molar-refractivity contribution >= 4 is 106 Å². The van der Waals surface area contributed by atoms with Gasteiger partial charge in [-0.1, -0.05) is 0 Å². The zero-order chi connectivity index (χ0) is 3.58. The summed E-state index contributed by atoms with van der Waals surface area (Å²) in [6, 6.07) is 0. The molecule has 0 aromatic heterocycles. The zero-order valence-corrected chi connectivity index (χ0v) is 1.80. The van der Waals surface area contributed by atoms with E-state index in [9.17, 15) is 0 Å². The fraction of sp³-hybridized carbons (Fsp3) is 0. The fourth-order valence-electron chi connectivity index (χ4n) is 0. The Kier molecular flexibility index (Phi) is 51.2. The van der Waals surface area contributed by atoms with Gasteiger partial charge < -0.3 is 10.2 Å². The predicted molar refractivity (Wildman–Crippen MR) is 32.1 cm³/mol. The first-order valence-electron chi connectivity index (χ1n) is 0.651. The molecule has 3 nitrogen and oxygen atoms in total. The normalized spacial score (nSPS) is 3.43. The summed E-state index contributed by atoms with van der Waals surface area (Å²) in [6.45, 7) is 0. The maximum absolute atomic E-state index is 8.56. The molecule has 7 heavy (non-hydrogen) atoms. The second-order valence-electron chi connectivity index (χ2n) is 0.283. The molecule has 0 saturated carbocycles. The molecule has 0 aromatic rings. The van der Waals surface area contributed by atoms with Crippen molar-refractivity contribution in [1.82, 2.24) is 0 Å². The van der Waals surface area contributed by atoms with Gasteiger partial charge >= 0.3 is 106 Å². The molecule has 0 atom stereocenters.